The van der Waals surface area contributed by atoms with E-state index in [9.17, 15) is 9.59 Å². The molecule has 0 saturated carbocycles. The first kappa shape index (κ1) is 17.4. The van der Waals surface area contributed by atoms with Gasteiger partial charge in [-0.25, -0.2) is 0 Å². The lowest BCUT2D eigenvalue weighted by molar-refractivity contribution is -0.132. The van der Waals surface area contributed by atoms with E-state index in [4.69, 9.17) is 4.74 Å². The Hall–Kier alpha value is -3.02. The summed E-state index contributed by atoms with van der Waals surface area (Å²) in [5.41, 5.74) is 3.27. The Balaban J connectivity index is 1.53. The molecule has 2 amide bonds. The average Bonchev–Trinajstić information content (AvgIpc) is 3.22. The van der Waals surface area contributed by atoms with Crippen molar-refractivity contribution in [3.63, 3.8) is 0 Å². The minimum absolute atomic E-state index is 0.00383. The highest BCUT2D eigenvalue weighted by molar-refractivity contribution is 6.02. The Morgan fingerprint density at radius 3 is 2.70 bits per heavy atom. The van der Waals surface area contributed by atoms with Crippen LogP contribution in [0.3, 0.4) is 0 Å². The Bertz CT molecular complexity index is 875. The smallest absolute Gasteiger partial charge is 0.260 e. The van der Waals surface area contributed by atoms with Gasteiger partial charge in [0.05, 0.1) is 11.3 Å². The molecule has 6 heteroatoms. The van der Waals surface area contributed by atoms with Crippen molar-refractivity contribution in [3.8, 4) is 5.75 Å². The van der Waals surface area contributed by atoms with Crippen LogP contribution >= 0.6 is 0 Å². The van der Waals surface area contributed by atoms with Crippen molar-refractivity contribution in [2.45, 2.75) is 25.9 Å². The maximum atomic E-state index is 12.5. The van der Waals surface area contributed by atoms with Crippen LogP contribution in [0.15, 0.2) is 42.5 Å². The molecule has 27 heavy (non-hydrogen) atoms. The predicted molar refractivity (Wildman–Crippen MR) is 103 cm³/mol. The fraction of sp³-hybridized carbons (Fsp3) is 0.333. The number of amides is 2. The Labute approximate surface area is 158 Å². The van der Waals surface area contributed by atoms with E-state index in [1.54, 1.807) is 6.07 Å². The second kappa shape index (κ2) is 7.31. The summed E-state index contributed by atoms with van der Waals surface area (Å²) in [5.74, 6) is 0.476. The summed E-state index contributed by atoms with van der Waals surface area (Å²) < 4.78 is 5.84. The van der Waals surface area contributed by atoms with Gasteiger partial charge in [-0.3, -0.25) is 9.59 Å². The van der Waals surface area contributed by atoms with Gasteiger partial charge in [0, 0.05) is 18.7 Å². The van der Waals surface area contributed by atoms with Crippen LogP contribution in [0, 0.1) is 6.92 Å². The summed E-state index contributed by atoms with van der Waals surface area (Å²) in [6, 6.07) is 13.1. The molecular weight excluding hydrogens is 342 g/mol. The number of carbonyl (C=O) groups excluding carboxylic acids is 2. The summed E-state index contributed by atoms with van der Waals surface area (Å²) in [6.07, 6.45) is 1.70. The first-order valence-electron chi connectivity index (χ1n) is 9.30. The number of para-hydroxylation sites is 2. The highest BCUT2D eigenvalue weighted by atomic mass is 16.5. The first-order chi connectivity index (χ1) is 13.1. The molecule has 2 aliphatic rings. The van der Waals surface area contributed by atoms with Gasteiger partial charge in [0.25, 0.3) is 11.8 Å². The topological polar surface area (TPSA) is 70.7 Å². The number of hydrogen-bond donors (Lipinski definition) is 2. The number of nitrogens with zero attached hydrogens (tertiary/aromatic N) is 1. The molecule has 1 atom stereocenters. The average molecular weight is 365 g/mol. The van der Waals surface area contributed by atoms with Crippen LogP contribution in [-0.2, 0) is 4.79 Å². The van der Waals surface area contributed by atoms with Crippen molar-refractivity contribution in [2.75, 3.05) is 25.0 Å². The minimum Gasteiger partial charge on any atom is -0.483 e. The second-order valence-electron chi connectivity index (χ2n) is 6.96. The van der Waals surface area contributed by atoms with E-state index < -0.39 is 6.17 Å². The molecule has 2 aliphatic heterocycles. The summed E-state index contributed by atoms with van der Waals surface area (Å²) in [4.78, 5) is 26.6. The molecule has 6 nitrogen and oxygen atoms in total. The van der Waals surface area contributed by atoms with Crippen molar-refractivity contribution in [3.05, 3.63) is 59.2 Å². The molecule has 2 aromatic carbocycles. The minimum atomic E-state index is -0.413. The molecule has 1 saturated heterocycles. The number of carbonyl (C=O) groups is 2. The molecule has 0 bridgehead atoms. The number of hydrogen-bond acceptors (Lipinski definition) is 4. The molecule has 2 heterocycles. The first-order valence-corrected chi connectivity index (χ1v) is 9.30. The van der Waals surface area contributed by atoms with Gasteiger partial charge in [0.2, 0.25) is 0 Å². The van der Waals surface area contributed by atoms with Crippen LogP contribution in [0.2, 0.25) is 0 Å². The van der Waals surface area contributed by atoms with E-state index in [-0.39, 0.29) is 18.4 Å². The number of nitrogens with one attached hydrogen (secondary N) is 2. The molecule has 140 valence electrons. The maximum absolute atomic E-state index is 12.5. The Kier molecular flexibility index (Phi) is 4.71. The maximum Gasteiger partial charge on any atom is 0.260 e. The SMILES string of the molecule is Cc1cccc2c1NC(c1ccccc1OCC(=O)N1CCCC1)NC2=O. The molecule has 4 rings (SSSR count). The normalized spacial score (nSPS) is 18.5. The third kappa shape index (κ3) is 3.47. The number of likely N-dealkylation sites (tertiary alicyclic amines) is 1. The van der Waals surface area contributed by atoms with Gasteiger partial charge in [-0.15, -0.1) is 0 Å². The van der Waals surface area contributed by atoms with Crippen LogP contribution in [0.5, 0.6) is 5.75 Å². The van der Waals surface area contributed by atoms with Crippen molar-refractivity contribution < 1.29 is 14.3 Å². The van der Waals surface area contributed by atoms with Gasteiger partial charge in [-0.05, 0) is 37.5 Å². The van der Waals surface area contributed by atoms with Crippen molar-refractivity contribution in [1.82, 2.24) is 10.2 Å². The summed E-state index contributed by atoms with van der Waals surface area (Å²) in [5, 5.41) is 6.36. The highest BCUT2D eigenvalue weighted by Crippen LogP contribution is 2.33. The summed E-state index contributed by atoms with van der Waals surface area (Å²) >= 11 is 0. The molecular formula is C21H23N3O3. The molecule has 1 fully saturated rings. The number of ether oxygens (including phenoxy) is 1. The van der Waals surface area contributed by atoms with Crippen LogP contribution in [-0.4, -0.2) is 36.4 Å². The lowest BCUT2D eigenvalue weighted by Crippen LogP contribution is -2.39. The zero-order chi connectivity index (χ0) is 18.8. The molecule has 0 spiro atoms. The zero-order valence-electron chi connectivity index (χ0n) is 15.3. The van der Waals surface area contributed by atoms with Gasteiger partial charge < -0.3 is 20.3 Å². The van der Waals surface area contributed by atoms with E-state index in [2.05, 4.69) is 10.6 Å². The molecule has 0 aromatic heterocycles. The number of benzene rings is 2. The fourth-order valence-electron chi connectivity index (χ4n) is 3.64. The monoisotopic (exact) mass is 365 g/mol. The third-order valence-electron chi connectivity index (χ3n) is 5.12. The molecule has 0 aliphatic carbocycles. The van der Waals surface area contributed by atoms with E-state index in [1.165, 1.54) is 0 Å². The van der Waals surface area contributed by atoms with Crippen LogP contribution in [0.1, 0.15) is 40.5 Å². The predicted octanol–water partition coefficient (Wildman–Crippen LogP) is 2.85. The van der Waals surface area contributed by atoms with E-state index in [0.29, 0.717) is 11.3 Å². The largest absolute Gasteiger partial charge is 0.483 e. The van der Waals surface area contributed by atoms with Crippen molar-refractivity contribution in [1.29, 1.82) is 0 Å². The van der Waals surface area contributed by atoms with Gasteiger partial charge in [0.15, 0.2) is 6.61 Å². The lowest BCUT2D eigenvalue weighted by Gasteiger charge is -2.30. The quantitative estimate of drug-likeness (QED) is 0.874. The highest BCUT2D eigenvalue weighted by Gasteiger charge is 2.27. The van der Waals surface area contributed by atoms with Gasteiger partial charge in [-0.1, -0.05) is 30.3 Å². The van der Waals surface area contributed by atoms with E-state index >= 15 is 0 Å². The van der Waals surface area contributed by atoms with E-state index in [1.807, 2.05) is 48.2 Å². The van der Waals surface area contributed by atoms with Gasteiger partial charge >= 0.3 is 0 Å². The lowest BCUT2D eigenvalue weighted by atomic mass is 10.0. The van der Waals surface area contributed by atoms with Crippen molar-refractivity contribution in [2.24, 2.45) is 0 Å². The molecule has 0 radical (unpaired) electrons. The van der Waals surface area contributed by atoms with Gasteiger partial charge in [0.1, 0.15) is 11.9 Å². The second-order valence-corrected chi connectivity index (χ2v) is 6.96. The number of rotatable bonds is 4. The Morgan fingerprint density at radius 1 is 1.11 bits per heavy atom. The standard InChI is InChI=1S/C21H23N3O3/c1-14-7-6-9-16-19(14)22-20(23-21(16)26)15-8-2-3-10-17(15)27-13-18(25)24-11-4-5-12-24/h2-3,6-10,20,22H,4-5,11-13H2,1H3,(H,23,26). The zero-order valence-corrected chi connectivity index (χ0v) is 15.3. The Morgan fingerprint density at radius 2 is 1.89 bits per heavy atom. The van der Waals surface area contributed by atoms with Crippen molar-refractivity contribution >= 4 is 17.5 Å². The third-order valence-corrected chi connectivity index (χ3v) is 5.12. The van der Waals surface area contributed by atoms with E-state index in [0.717, 1.165) is 42.7 Å². The summed E-state index contributed by atoms with van der Waals surface area (Å²) in [6.45, 7) is 3.59. The van der Waals surface area contributed by atoms with Gasteiger partial charge in [-0.2, -0.15) is 0 Å². The molecule has 1 unspecified atom stereocenters. The molecule has 2 N–H and O–H groups in total. The van der Waals surface area contributed by atoms with Crippen LogP contribution in [0.25, 0.3) is 0 Å². The number of fused-ring (bicyclic) bond motifs is 1. The molecule has 2 aromatic rings. The number of anilines is 1. The number of aryl methyl sites for hydroxylation is 1. The fourth-order valence-corrected chi connectivity index (χ4v) is 3.64. The van der Waals surface area contributed by atoms with Crippen LogP contribution < -0.4 is 15.4 Å². The van der Waals surface area contributed by atoms with Crippen LogP contribution in [0.4, 0.5) is 5.69 Å². The summed E-state index contributed by atoms with van der Waals surface area (Å²) in [7, 11) is 0.